The van der Waals surface area contributed by atoms with Gasteiger partial charge >= 0.3 is 5.97 Å². The molecule has 1 aliphatic rings. The predicted octanol–water partition coefficient (Wildman–Crippen LogP) is 2.83. The first kappa shape index (κ1) is 13.1. The zero-order valence-electron chi connectivity index (χ0n) is 11.1. The summed E-state index contributed by atoms with van der Waals surface area (Å²) in [5.41, 5.74) is 0.989. The number of benzene rings is 1. The largest absolute Gasteiger partial charge is 0.480 e. The lowest BCUT2D eigenvalue weighted by Crippen LogP contribution is -2.50. The number of hydrogen-bond acceptors (Lipinski definition) is 2. The highest BCUT2D eigenvalue weighted by molar-refractivity contribution is 5.80. The van der Waals surface area contributed by atoms with E-state index in [0.29, 0.717) is 6.04 Å². The first-order valence-electron chi connectivity index (χ1n) is 6.60. The molecule has 2 N–H and O–H groups in total. The van der Waals surface area contributed by atoms with E-state index in [4.69, 9.17) is 0 Å². The molecule has 0 heterocycles. The lowest BCUT2D eigenvalue weighted by molar-refractivity contribution is -0.145. The van der Waals surface area contributed by atoms with Crippen LogP contribution in [0.1, 0.15) is 43.7 Å². The standard InChI is InChI=1S/C15H21NO2/c1-11-7-9-12(10-8-11)15(2,14(17)18)16-13-5-3-4-6-13/h7-10,13,16H,3-6H2,1-2H3,(H,17,18). The van der Waals surface area contributed by atoms with E-state index in [1.807, 2.05) is 31.2 Å². The van der Waals surface area contributed by atoms with Gasteiger partial charge in [-0.15, -0.1) is 0 Å². The maximum atomic E-state index is 11.6. The number of aliphatic carboxylic acids is 1. The SMILES string of the molecule is Cc1ccc(C(C)(NC2CCCC2)C(=O)O)cc1. The van der Waals surface area contributed by atoms with Gasteiger partial charge in [0.2, 0.25) is 0 Å². The van der Waals surface area contributed by atoms with E-state index < -0.39 is 11.5 Å². The second kappa shape index (κ2) is 5.11. The summed E-state index contributed by atoms with van der Waals surface area (Å²) in [6.45, 7) is 3.77. The minimum atomic E-state index is -0.983. The highest BCUT2D eigenvalue weighted by atomic mass is 16.4. The van der Waals surface area contributed by atoms with Crippen LogP contribution in [0.25, 0.3) is 0 Å². The van der Waals surface area contributed by atoms with Crippen LogP contribution in [0.5, 0.6) is 0 Å². The topological polar surface area (TPSA) is 49.3 Å². The maximum Gasteiger partial charge on any atom is 0.328 e. The third-order valence-electron chi connectivity index (χ3n) is 3.90. The fourth-order valence-electron chi connectivity index (χ4n) is 2.63. The molecule has 3 nitrogen and oxygen atoms in total. The van der Waals surface area contributed by atoms with E-state index in [1.54, 1.807) is 6.92 Å². The van der Waals surface area contributed by atoms with Gasteiger partial charge in [-0.25, -0.2) is 4.79 Å². The molecule has 0 aliphatic heterocycles. The highest BCUT2D eigenvalue weighted by Gasteiger charge is 2.37. The van der Waals surface area contributed by atoms with E-state index in [-0.39, 0.29) is 0 Å². The first-order chi connectivity index (χ1) is 8.52. The number of aryl methyl sites for hydroxylation is 1. The minimum Gasteiger partial charge on any atom is -0.480 e. The second-order valence-corrected chi connectivity index (χ2v) is 5.42. The van der Waals surface area contributed by atoms with Crippen molar-refractivity contribution in [3.8, 4) is 0 Å². The average Bonchev–Trinajstić information content (AvgIpc) is 2.82. The summed E-state index contributed by atoms with van der Waals surface area (Å²) in [5.74, 6) is -0.807. The Balaban J connectivity index is 2.25. The fourth-order valence-corrected chi connectivity index (χ4v) is 2.63. The number of carboxylic acids is 1. The average molecular weight is 247 g/mol. The summed E-state index contributed by atoms with van der Waals surface area (Å²) in [4.78, 5) is 11.6. The summed E-state index contributed by atoms with van der Waals surface area (Å²) >= 11 is 0. The van der Waals surface area contributed by atoms with E-state index in [1.165, 1.54) is 12.8 Å². The molecule has 0 bridgehead atoms. The zero-order valence-corrected chi connectivity index (χ0v) is 11.1. The van der Waals surface area contributed by atoms with Gasteiger partial charge in [0.25, 0.3) is 0 Å². The molecule has 18 heavy (non-hydrogen) atoms. The van der Waals surface area contributed by atoms with Crippen molar-refractivity contribution in [3.63, 3.8) is 0 Å². The van der Waals surface area contributed by atoms with Crippen molar-refractivity contribution in [3.05, 3.63) is 35.4 Å². The van der Waals surface area contributed by atoms with Crippen LogP contribution in [0, 0.1) is 6.92 Å². The lowest BCUT2D eigenvalue weighted by Gasteiger charge is -2.30. The number of rotatable bonds is 4. The molecular formula is C15H21NO2. The third-order valence-corrected chi connectivity index (χ3v) is 3.90. The third kappa shape index (κ3) is 2.56. The van der Waals surface area contributed by atoms with Gasteiger partial charge in [-0.3, -0.25) is 5.32 Å². The monoisotopic (exact) mass is 247 g/mol. The number of hydrogen-bond donors (Lipinski definition) is 2. The van der Waals surface area contributed by atoms with Crippen LogP contribution in [0.3, 0.4) is 0 Å². The van der Waals surface area contributed by atoms with Crippen molar-refractivity contribution in [2.75, 3.05) is 0 Å². The van der Waals surface area contributed by atoms with Crippen molar-refractivity contribution >= 4 is 5.97 Å². The van der Waals surface area contributed by atoms with Gasteiger partial charge in [0.15, 0.2) is 0 Å². The van der Waals surface area contributed by atoms with Crippen molar-refractivity contribution in [1.29, 1.82) is 0 Å². The quantitative estimate of drug-likeness (QED) is 0.860. The number of carbonyl (C=O) groups is 1. The molecule has 1 unspecified atom stereocenters. The first-order valence-corrected chi connectivity index (χ1v) is 6.60. The fraction of sp³-hybridized carbons (Fsp3) is 0.533. The number of carboxylic acid groups (broad SMARTS) is 1. The van der Waals surface area contributed by atoms with Crippen LogP contribution in [-0.2, 0) is 10.3 Å². The summed E-state index contributed by atoms with van der Waals surface area (Å²) in [5, 5.41) is 12.9. The predicted molar refractivity (Wildman–Crippen MR) is 71.6 cm³/mol. The Morgan fingerprint density at radius 1 is 1.28 bits per heavy atom. The molecule has 1 aromatic rings. The molecular weight excluding hydrogens is 226 g/mol. The molecule has 1 aliphatic carbocycles. The maximum absolute atomic E-state index is 11.6. The minimum absolute atomic E-state index is 0.326. The Kier molecular flexibility index (Phi) is 3.71. The van der Waals surface area contributed by atoms with Crippen LogP contribution >= 0.6 is 0 Å². The smallest absolute Gasteiger partial charge is 0.328 e. The molecule has 3 heteroatoms. The molecule has 0 radical (unpaired) electrons. The number of nitrogens with one attached hydrogen (secondary N) is 1. The van der Waals surface area contributed by atoms with E-state index >= 15 is 0 Å². The van der Waals surface area contributed by atoms with Gasteiger partial charge < -0.3 is 5.11 Å². The van der Waals surface area contributed by atoms with Crippen LogP contribution in [-0.4, -0.2) is 17.1 Å². The molecule has 0 amide bonds. The highest BCUT2D eigenvalue weighted by Crippen LogP contribution is 2.27. The summed E-state index contributed by atoms with van der Waals surface area (Å²) in [6, 6.07) is 8.07. The van der Waals surface area contributed by atoms with Crippen molar-refractivity contribution in [1.82, 2.24) is 5.32 Å². The Hall–Kier alpha value is -1.35. The van der Waals surface area contributed by atoms with Crippen molar-refractivity contribution < 1.29 is 9.90 Å². The van der Waals surface area contributed by atoms with Gasteiger partial charge in [0.05, 0.1) is 0 Å². The summed E-state index contributed by atoms with van der Waals surface area (Å²) < 4.78 is 0. The molecule has 0 spiro atoms. The summed E-state index contributed by atoms with van der Waals surface area (Å²) in [6.07, 6.45) is 4.55. The van der Waals surface area contributed by atoms with Crippen molar-refractivity contribution in [2.24, 2.45) is 0 Å². The molecule has 0 aromatic heterocycles. The van der Waals surface area contributed by atoms with Gasteiger partial charge in [-0.05, 0) is 32.3 Å². The van der Waals surface area contributed by atoms with Crippen molar-refractivity contribution in [2.45, 2.75) is 51.1 Å². The van der Waals surface area contributed by atoms with Crippen LogP contribution < -0.4 is 5.32 Å². The molecule has 1 fully saturated rings. The van der Waals surface area contributed by atoms with Gasteiger partial charge in [0, 0.05) is 6.04 Å². The van der Waals surface area contributed by atoms with Crippen LogP contribution in [0.4, 0.5) is 0 Å². The van der Waals surface area contributed by atoms with Gasteiger partial charge in [0.1, 0.15) is 5.54 Å². The zero-order chi connectivity index (χ0) is 13.2. The van der Waals surface area contributed by atoms with Crippen LogP contribution in [0.15, 0.2) is 24.3 Å². The Morgan fingerprint density at radius 3 is 2.33 bits per heavy atom. The molecule has 0 saturated heterocycles. The Bertz CT molecular complexity index is 421. The van der Waals surface area contributed by atoms with Crippen LogP contribution in [0.2, 0.25) is 0 Å². The van der Waals surface area contributed by atoms with E-state index in [0.717, 1.165) is 24.0 Å². The summed E-state index contributed by atoms with van der Waals surface area (Å²) in [7, 11) is 0. The lowest BCUT2D eigenvalue weighted by atomic mass is 9.90. The molecule has 1 atom stereocenters. The van der Waals surface area contributed by atoms with Gasteiger partial charge in [-0.2, -0.15) is 0 Å². The Labute approximate surface area is 108 Å². The van der Waals surface area contributed by atoms with E-state index in [9.17, 15) is 9.90 Å². The second-order valence-electron chi connectivity index (χ2n) is 5.42. The molecule has 1 aromatic carbocycles. The van der Waals surface area contributed by atoms with Gasteiger partial charge in [-0.1, -0.05) is 42.7 Å². The molecule has 2 rings (SSSR count). The van der Waals surface area contributed by atoms with E-state index in [2.05, 4.69) is 5.32 Å². The molecule has 98 valence electrons. The molecule has 1 saturated carbocycles. The Morgan fingerprint density at radius 2 is 1.83 bits per heavy atom. The normalized spacial score (nSPS) is 19.7.